The molecular weight excluding hydrogens is 267 g/mol. The molecule has 0 aromatic carbocycles. The van der Waals surface area contributed by atoms with Gasteiger partial charge in [0.2, 0.25) is 0 Å². The Balaban J connectivity index is 1.98. The van der Waals surface area contributed by atoms with Gasteiger partial charge in [-0.2, -0.15) is 18.3 Å². The summed E-state index contributed by atoms with van der Waals surface area (Å²) in [5, 5.41) is 3.92. The second kappa shape index (κ2) is 4.97. The first kappa shape index (κ1) is 12.9. The number of nitrogens with zero attached hydrogens (tertiary/aromatic N) is 3. The van der Waals surface area contributed by atoms with E-state index in [0.29, 0.717) is 0 Å². The van der Waals surface area contributed by atoms with Gasteiger partial charge in [-0.3, -0.25) is 8.89 Å². The maximum Gasteiger partial charge on any atom is 0.471 e. The van der Waals surface area contributed by atoms with Gasteiger partial charge in [0.05, 0.1) is 24.2 Å². The molecule has 4 nitrogen and oxygen atoms in total. The smallest absolute Gasteiger partial charge is 0.321 e. The highest BCUT2D eigenvalue weighted by Gasteiger charge is 2.36. The zero-order chi connectivity index (χ0) is 13.2. The first-order valence-corrected chi connectivity index (χ1v) is 6.40. The Kier molecular flexibility index (Phi) is 3.55. The number of aromatic nitrogens is 3. The maximum atomic E-state index is 12.0. The highest BCUT2D eigenvalue weighted by Crippen LogP contribution is 2.20. The number of halogens is 3. The second-order valence-corrected chi connectivity index (χ2v) is 5.11. The molecule has 18 heavy (non-hydrogen) atoms. The predicted molar refractivity (Wildman–Crippen MR) is 60.6 cm³/mol. The minimum Gasteiger partial charge on any atom is -0.321 e. The van der Waals surface area contributed by atoms with Crippen LogP contribution in [0.4, 0.5) is 13.2 Å². The van der Waals surface area contributed by atoms with Gasteiger partial charge in [0.15, 0.2) is 0 Å². The lowest BCUT2D eigenvalue weighted by Crippen LogP contribution is -2.21. The Morgan fingerprint density at radius 1 is 1.28 bits per heavy atom. The van der Waals surface area contributed by atoms with Crippen molar-refractivity contribution >= 4 is 10.8 Å². The van der Waals surface area contributed by atoms with E-state index in [1.807, 2.05) is 12.1 Å². The first-order chi connectivity index (χ1) is 8.47. The molecule has 0 aliphatic rings. The van der Waals surface area contributed by atoms with Crippen molar-refractivity contribution in [1.29, 1.82) is 0 Å². The van der Waals surface area contributed by atoms with Crippen molar-refractivity contribution in [2.75, 3.05) is 5.75 Å². The SMILES string of the molecule is O=S(CCn1cc(-n2cccc2)cn1)C(F)(F)F. The molecular formula is C10H10F3N3OS. The summed E-state index contributed by atoms with van der Waals surface area (Å²) in [4.78, 5) is 0. The standard InChI is InChI=1S/C10H10F3N3OS/c11-10(12,13)18(17)6-5-16-8-9(7-14-16)15-3-1-2-4-15/h1-4,7-8H,5-6H2. The maximum absolute atomic E-state index is 12.0. The van der Waals surface area contributed by atoms with Gasteiger partial charge in [-0.25, -0.2) is 0 Å². The minimum atomic E-state index is -4.66. The van der Waals surface area contributed by atoms with E-state index in [2.05, 4.69) is 5.10 Å². The average Bonchev–Trinajstić information content (AvgIpc) is 2.94. The Bertz CT molecular complexity index is 533. The van der Waals surface area contributed by atoms with Gasteiger partial charge in [-0.15, -0.1) is 0 Å². The summed E-state index contributed by atoms with van der Waals surface area (Å²) in [6.45, 7) is -0.0343. The van der Waals surface area contributed by atoms with Crippen molar-refractivity contribution in [1.82, 2.24) is 14.3 Å². The fourth-order valence-electron chi connectivity index (χ4n) is 1.41. The third kappa shape index (κ3) is 3.00. The van der Waals surface area contributed by atoms with E-state index in [4.69, 9.17) is 0 Å². The number of hydrogen-bond donors (Lipinski definition) is 0. The lowest BCUT2D eigenvalue weighted by molar-refractivity contribution is -0.0384. The van der Waals surface area contributed by atoms with Crippen LogP contribution in [0.1, 0.15) is 0 Å². The number of alkyl halides is 3. The molecule has 0 bridgehead atoms. The molecule has 0 spiro atoms. The highest BCUT2D eigenvalue weighted by atomic mass is 32.2. The minimum absolute atomic E-state index is 0.0343. The van der Waals surface area contributed by atoms with E-state index in [9.17, 15) is 17.4 Å². The Labute approximate surface area is 103 Å². The van der Waals surface area contributed by atoms with E-state index in [1.165, 1.54) is 10.9 Å². The van der Waals surface area contributed by atoms with Crippen molar-refractivity contribution < 1.29 is 17.4 Å². The van der Waals surface area contributed by atoms with Gasteiger partial charge in [0, 0.05) is 18.6 Å². The number of rotatable bonds is 4. The fourth-order valence-corrected chi connectivity index (χ4v) is 1.99. The normalized spacial score (nSPS) is 13.7. The third-order valence-corrected chi connectivity index (χ3v) is 3.36. The molecule has 0 amide bonds. The van der Waals surface area contributed by atoms with Crippen molar-refractivity contribution in [3.05, 3.63) is 36.9 Å². The average molecular weight is 277 g/mol. The Hall–Kier alpha value is -1.57. The van der Waals surface area contributed by atoms with Gasteiger partial charge < -0.3 is 4.57 Å². The lowest BCUT2D eigenvalue weighted by Gasteiger charge is -2.05. The van der Waals surface area contributed by atoms with Crippen molar-refractivity contribution in [3.8, 4) is 5.69 Å². The predicted octanol–water partition coefficient (Wildman–Crippen LogP) is 1.94. The van der Waals surface area contributed by atoms with Crippen LogP contribution in [0.3, 0.4) is 0 Å². The molecule has 0 aliphatic carbocycles. The van der Waals surface area contributed by atoms with Crippen LogP contribution in [0.25, 0.3) is 5.69 Å². The van der Waals surface area contributed by atoms with E-state index < -0.39 is 22.1 Å². The summed E-state index contributed by atoms with van der Waals surface area (Å²) in [5.41, 5.74) is -3.91. The molecule has 98 valence electrons. The van der Waals surface area contributed by atoms with Gasteiger partial charge in [0.25, 0.3) is 0 Å². The summed E-state index contributed by atoms with van der Waals surface area (Å²) in [7, 11) is -2.83. The van der Waals surface area contributed by atoms with Crippen molar-refractivity contribution in [3.63, 3.8) is 0 Å². The molecule has 0 N–H and O–H groups in total. The van der Waals surface area contributed by atoms with Crippen LogP contribution in [-0.2, 0) is 17.3 Å². The van der Waals surface area contributed by atoms with E-state index in [0.717, 1.165) is 5.69 Å². The molecule has 2 aromatic heterocycles. The molecule has 0 saturated heterocycles. The van der Waals surface area contributed by atoms with Crippen LogP contribution in [-0.4, -0.2) is 29.8 Å². The molecule has 2 heterocycles. The molecule has 8 heteroatoms. The zero-order valence-electron chi connectivity index (χ0n) is 9.17. The van der Waals surface area contributed by atoms with Gasteiger partial charge in [-0.1, -0.05) is 0 Å². The highest BCUT2D eigenvalue weighted by molar-refractivity contribution is 7.85. The van der Waals surface area contributed by atoms with Crippen molar-refractivity contribution in [2.45, 2.75) is 12.1 Å². The molecule has 0 aliphatic heterocycles. The van der Waals surface area contributed by atoms with E-state index in [1.54, 1.807) is 23.2 Å². The Morgan fingerprint density at radius 2 is 1.94 bits per heavy atom. The molecule has 1 unspecified atom stereocenters. The Morgan fingerprint density at radius 3 is 2.56 bits per heavy atom. The summed E-state index contributed by atoms with van der Waals surface area (Å²) in [6.07, 6.45) is 6.74. The van der Waals surface area contributed by atoms with Crippen LogP contribution < -0.4 is 0 Å². The van der Waals surface area contributed by atoms with Crippen LogP contribution in [0.2, 0.25) is 0 Å². The molecule has 0 saturated carbocycles. The van der Waals surface area contributed by atoms with Gasteiger partial charge in [0.1, 0.15) is 10.8 Å². The van der Waals surface area contributed by atoms with Crippen molar-refractivity contribution in [2.24, 2.45) is 0 Å². The first-order valence-electron chi connectivity index (χ1n) is 5.08. The number of hydrogen-bond acceptors (Lipinski definition) is 2. The molecule has 2 rings (SSSR count). The van der Waals surface area contributed by atoms with Crippen LogP contribution in [0.15, 0.2) is 36.9 Å². The zero-order valence-corrected chi connectivity index (χ0v) is 9.99. The molecule has 2 aromatic rings. The molecule has 1 atom stereocenters. The lowest BCUT2D eigenvalue weighted by atomic mass is 10.5. The van der Waals surface area contributed by atoms with Gasteiger partial charge in [-0.05, 0) is 12.1 Å². The second-order valence-electron chi connectivity index (χ2n) is 3.55. The summed E-state index contributed by atoms with van der Waals surface area (Å²) in [5.74, 6) is -0.490. The van der Waals surface area contributed by atoms with Crippen LogP contribution in [0, 0.1) is 0 Å². The monoisotopic (exact) mass is 277 g/mol. The third-order valence-electron chi connectivity index (χ3n) is 2.29. The number of aryl methyl sites for hydroxylation is 1. The largest absolute Gasteiger partial charge is 0.471 e. The van der Waals surface area contributed by atoms with Crippen LogP contribution in [0.5, 0.6) is 0 Å². The van der Waals surface area contributed by atoms with Gasteiger partial charge >= 0.3 is 5.51 Å². The molecule has 0 fully saturated rings. The quantitative estimate of drug-likeness (QED) is 0.857. The van der Waals surface area contributed by atoms with Crippen LogP contribution >= 0.6 is 0 Å². The topological polar surface area (TPSA) is 39.8 Å². The molecule has 0 radical (unpaired) electrons. The fraction of sp³-hybridized carbons (Fsp3) is 0.300. The van der Waals surface area contributed by atoms with E-state index >= 15 is 0 Å². The summed E-state index contributed by atoms with van der Waals surface area (Å²) < 4.78 is 50.1. The summed E-state index contributed by atoms with van der Waals surface area (Å²) in [6, 6.07) is 3.66. The van der Waals surface area contributed by atoms with E-state index in [-0.39, 0.29) is 6.54 Å². The summed E-state index contributed by atoms with van der Waals surface area (Å²) >= 11 is 0.